The predicted octanol–water partition coefficient (Wildman–Crippen LogP) is 3.33. The lowest BCUT2D eigenvalue weighted by atomic mass is 9.75. The Hall–Kier alpha value is -0.440. The average Bonchev–Trinajstić information content (AvgIpc) is 1.83. The van der Waals surface area contributed by atoms with Gasteiger partial charge in [-0.1, -0.05) is 34.6 Å². The lowest BCUT2D eigenvalue weighted by molar-refractivity contribution is 0.228. The highest BCUT2D eigenvalue weighted by atomic mass is 14.3. The van der Waals surface area contributed by atoms with Crippen LogP contribution in [0, 0.1) is 29.6 Å². The Labute approximate surface area is 71.4 Å². The molecule has 0 N–H and O–H groups in total. The summed E-state index contributed by atoms with van der Waals surface area (Å²) in [5.74, 6) is 3.93. The second-order valence-corrected chi connectivity index (χ2v) is 4.47. The summed E-state index contributed by atoms with van der Waals surface area (Å²) in [5.41, 5.74) is 0.295. The summed E-state index contributed by atoms with van der Waals surface area (Å²) < 4.78 is 0. The molecule has 0 saturated carbocycles. The van der Waals surface area contributed by atoms with E-state index in [2.05, 4.69) is 40.5 Å². The SMILES string of the molecule is C#CC(C)C(C)(C)CC(C)C. The maximum Gasteiger partial charge on any atom is 0.0223 e. The molecule has 0 heterocycles. The van der Waals surface area contributed by atoms with Crippen LogP contribution in [-0.2, 0) is 0 Å². The van der Waals surface area contributed by atoms with Gasteiger partial charge in [0.25, 0.3) is 0 Å². The molecule has 64 valence electrons. The number of terminal acetylenes is 1. The van der Waals surface area contributed by atoms with Gasteiger partial charge in [-0.3, -0.25) is 0 Å². The zero-order chi connectivity index (χ0) is 9.07. The minimum atomic E-state index is 0.295. The van der Waals surface area contributed by atoms with Crippen LogP contribution >= 0.6 is 0 Å². The van der Waals surface area contributed by atoms with Gasteiger partial charge in [-0.05, 0) is 17.8 Å². The zero-order valence-corrected chi connectivity index (χ0v) is 8.44. The molecule has 0 nitrogen and oxygen atoms in total. The largest absolute Gasteiger partial charge is 0.120 e. The first-order valence-electron chi connectivity index (χ1n) is 4.36. The molecule has 0 aromatic rings. The van der Waals surface area contributed by atoms with Crippen LogP contribution in [-0.4, -0.2) is 0 Å². The van der Waals surface area contributed by atoms with E-state index in [9.17, 15) is 0 Å². The van der Waals surface area contributed by atoms with Crippen molar-refractivity contribution >= 4 is 0 Å². The third-order valence-electron chi connectivity index (χ3n) is 2.36. The van der Waals surface area contributed by atoms with Crippen molar-refractivity contribution in [3.8, 4) is 12.3 Å². The normalized spacial score (nSPS) is 14.6. The molecular formula is C11H20. The van der Waals surface area contributed by atoms with Crippen LogP contribution in [0.15, 0.2) is 0 Å². The standard InChI is InChI=1S/C11H20/c1-7-10(4)11(5,6)8-9(2)3/h1,9-10H,8H2,2-6H3. The van der Waals surface area contributed by atoms with Crippen molar-refractivity contribution in [1.82, 2.24) is 0 Å². The van der Waals surface area contributed by atoms with Crippen LogP contribution in [0.4, 0.5) is 0 Å². The first-order chi connectivity index (χ1) is 4.90. The smallest absolute Gasteiger partial charge is 0.0223 e. The highest BCUT2D eigenvalue weighted by molar-refractivity contribution is 4.97. The summed E-state index contributed by atoms with van der Waals surface area (Å²) >= 11 is 0. The van der Waals surface area contributed by atoms with Crippen LogP contribution in [0.25, 0.3) is 0 Å². The molecule has 1 unspecified atom stereocenters. The number of hydrogen-bond acceptors (Lipinski definition) is 0. The van der Waals surface area contributed by atoms with Crippen molar-refractivity contribution in [3.05, 3.63) is 0 Å². The predicted molar refractivity (Wildman–Crippen MR) is 51.2 cm³/mol. The van der Waals surface area contributed by atoms with Crippen LogP contribution in [0.3, 0.4) is 0 Å². The van der Waals surface area contributed by atoms with Crippen LogP contribution < -0.4 is 0 Å². The summed E-state index contributed by atoms with van der Waals surface area (Å²) in [6.45, 7) is 11.1. The maximum absolute atomic E-state index is 5.38. The molecule has 0 aliphatic heterocycles. The molecule has 0 aliphatic rings. The summed E-state index contributed by atoms with van der Waals surface area (Å²) in [5, 5.41) is 0. The van der Waals surface area contributed by atoms with E-state index in [1.54, 1.807) is 0 Å². The first-order valence-corrected chi connectivity index (χ1v) is 4.36. The van der Waals surface area contributed by atoms with Crippen LogP contribution in [0.5, 0.6) is 0 Å². The fraction of sp³-hybridized carbons (Fsp3) is 0.818. The third-order valence-corrected chi connectivity index (χ3v) is 2.36. The molecule has 0 saturated heterocycles. The van der Waals surface area contributed by atoms with Gasteiger partial charge in [0.15, 0.2) is 0 Å². The van der Waals surface area contributed by atoms with Crippen LogP contribution in [0.1, 0.15) is 41.0 Å². The van der Waals surface area contributed by atoms with Gasteiger partial charge in [-0.2, -0.15) is 0 Å². The van der Waals surface area contributed by atoms with E-state index >= 15 is 0 Å². The lowest BCUT2D eigenvalue weighted by Crippen LogP contribution is -2.22. The Morgan fingerprint density at radius 3 is 2.00 bits per heavy atom. The second kappa shape index (κ2) is 3.81. The fourth-order valence-corrected chi connectivity index (χ4v) is 1.45. The monoisotopic (exact) mass is 152 g/mol. The minimum Gasteiger partial charge on any atom is -0.120 e. The van der Waals surface area contributed by atoms with Gasteiger partial charge in [0.1, 0.15) is 0 Å². The highest BCUT2D eigenvalue weighted by Crippen LogP contribution is 2.32. The van der Waals surface area contributed by atoms with E-state index in [4.69, 9.17) is 6.42 Å². The van der Waals surface area contributed by atoms with Gasteiger partial charge in [-0.15, -0.1) is 12.3 Å². The van der Waals surface area contributed by atoms with Crippen molar-refractivity contribution in [2.24, 2.45) is 17.3 Å². The highest BCUT2D eigenvalue weighted by Gasteiger charge is 2.24. The molecule has 0 spiro atoms. The molecule has 0 fully saturated rings. The van der Waals surface area contributed by atoms with Gasteiger partial charge in [0.05, 0.1) is 0 Å². The van der Waals surface area contributed by atoms with E-state index in [-0.39, 0.29) is 0 Å². The van der Waals surface area contributed by atoms with E-state index in [0.717, 1.165) is 5.92 Å². The summed E-state index contributed by atoms with van der Waals surface area (Å²) in [6.07, 6.45) is 6.59. The van der Waals surface area contributed by atoms with Gasteiger partial charge in [-0.25, -0.2) is 0 Å². The maximum atomic E-state index is 5.38. The van der Waals surface area contributed by atoms with E-state index in [1.807, 2.05) is 0 Å². The van der Waals surface area contributed by atoms with Gasteiger partial charge in [0, 0.05) is 5.92 Å². The van der Waals surface area contributed by atoms with Crippen molar-refractivity contribution < 1.29 is 0 Å². The molecular weight excluding hydrogens is 132 g/mol. The third kappa shape index (κ3) is 3.46. The first kappa shape index (κ1) is 10.6. The second-order valence-electron chi connectivity index (χ2n) is 4.47. The van der Waals surface area contributed by atoms with Crippen molar-refractivity contribution in [2.45, 2.75) is 41.0 Å². The topological polar surface area (TPSA) is 0 Å². The Morgan fingerprint density at radius 1 is 1.27 bits per heavy atom. The van der Waals surface area contributed by atoms with Gasteiger partial charge < -0.3 is 0 Å². The van der Waals surface area contributed by atoms with Crippen molar-refractivity contribution in [3.63, 3.8) is 0 Å². The van der Waals surface area contributed by atoms with E-state index < -0.39 is 0 Å². The fourth-order valence-electron chi connectivity index (χ4n) is 1.45. The molecule has 0 amide bonds. The summed E-state index contributed by atoms with van der Waals surface area (Å²) in [6, 6.07) is 0. The molecule has 11 heavy (non-hydrogen) atoms. The van der Waals surface area contributed by atoms with E-state index in [1.165, 1.54) is 6.42 Å². The van der Waals surface area contributed by atoms with Gasteiger partial charge in [0.2, 0.25) is 0 Å². The number of rotatable bonds is 3. The van der Waals surface area contributed by atoms with Crippen LogP contribution in [0.2, 0.25) is 0 Å². The Balaban J connectivity index is 4.12. The zero-order valence-electron chi connectivity index (χ0n) is 8.44. The molecule has 0 heteroatoms. The Morgan fingerprint density at radius 2 is 1.73 bits per heavy atom. The van der Waals surface area contributed by atoms with Crippen molar-refractivity contribution in [2.75, 3.05) is 0 Å². The average molecular weight is 152 g/mol. The molecule has 0 aromatic heterocycles. The lowest BCUT2D eigenvalue weighted by Gasteiger charge is -2.30. The summed E-state index contributed by atoms with van der Waals surface area (Å²) in [4.78, 5) is 0. The quantitative estimate of drug-likeness (QED) is 0.544. The molecule has 0 bridgehead atoms. The minimum absolute atomic E-state index is 0.295. The Kier molecular flexibility index (Phi) is 3.66. The van der Waals surface area contributed by atoms with Gasteiger partial charge >= 0.3 is 0 Å². The van der Waals surface area contributed by atoms with Crippen molar-refractivity contribution in [1.29, 1.82) is 0 Å². The van der Waals surface area contributed by atoms with E-state index in [0.29, 0.717) is 11.3 Å². The molecule has 0 radical (unpaired) electrons. The Bertz CT molecular complexity index is 146. The molecule has 0 aliphatic carbocycles. The molecule has 0 aromatic carbocycles. The summed E-state index contributed by atoms with van der Waals surface area (Å²) in [7, 11) is 0. The number of hydrogen-bond donors (Lipinski definition) is 0. The molecule has 0 rings (SSSR count). The molecule has 1 atom stereocenters.